The summed E-state index contributed by atoms with van der Waals surface area (Å²) in [4.78, 5) is 26.7. The Labute approximate surface area is 228 Å². The van der Waals surface area contributed by atoms with Gasteiger partial charge in [-0.05, 0) is 68.8 Å². The van der Waals surface area contributed by atoms with E-state index >= 15 is 0 Å². The predicted octanol–water partition coefficient (Wildman–Crippen LogP) is 4.64. The second-order valence-corrected chi connectivity index (χ2v) is 11.7. The van der Waals surface area contributed by atoms with E-state index < -0.39 is 35.8 Å². The molecule has 0 aliphatic heterocycles. The summed E-state index contributed by atoms with van der Waals surface area (Å²) in [6.45, 7) is 8.36. The largest absolute Gasteiger partial charge is 0.461 e. The van der Waals surface area contributed by atoms with Gasteiger partial charge >= 0.3 is 5.97 Å². The Balaban J connectivity index is 1.47. The molecule has 0 bridgehead atoms. The molecule has 5 rings (SSSR count). The minimum absolute atomic E-state index is 0.0888. The van der Waals surface area contributed by atoms with Crippen LogP contribution in [0, 0.1) is 11.3 Å². The van der Waals surface area contributed by atoms with E-state index in [0.29, 0.717) is 36.5 Å². The van der Waals surface area contributed by atoms with E-state index in [-0.39, 0.29) is 16.7 Å². The fourth-order valence-corrected chi connectivity index (χ4v) is 6.56. The molecule has 208 valence electrons. The maximum Gasteiger partial charge on any atom is 0.334 e. The first-order chi connectivity index (χ1) is 18.6. The molecule has 0 saturated heterocycles. The van der Waals surface area contributed by atoms with Crippen molar-refractivity contribution in [3.63, 3.8) is 0 Å². The van der Waals surface area contributed by atoms with Crippen LogP contribution in [-0.4, -0.2) is 33.5 Å². The Bertz CT molecular complexity index is 1340. The summed E-state index contributed by atoms with van der Waals surface area (Å²) in [5.74, 6) is -0.0218. The summed E-state index contributed by atoms with van der Waals surface area (Å²) in [7, 11) is 0. The van der Waals surface area contributed by atoms with Gasteiger partial charge < -0.3 is 24.5 Å². The van der Waals surface area contributed by atoms with Crippen LogP contribution in [0.15, 0.2) is 68.9 Å². The Morgan fingerprint density at radius 3 is 2.59 bits per heavy atom. The highest BCUT2D eigenvalue weighted by molar-refractivity contribution is 5.90. The fourth-order valence-electron chi connectivity index (χ4n) is 6.56. The number of hydrogen-bond donors (Lipinski definition) is 3. The zero-order valence-electron chi connectivity index (χ0n) is 22.7. The number of ether oxygens (including phenoxy) is 1. The van der Waals surface area contributed by atoms with Crippen molar-refractivity contribution in [1.29, 1.82) is 0 Å². The Hall–Kier alpha value is -3.00. The zero-order chi connectivity index (χ0) is 27.9. The lowest BCUT2D eigenvalue weighted by molar-refractivity contribution is -0.170. The number of carbonyl (C=O) groups is 1. The highest BCUT2D eigenvalue weighted by atomic mass is 16.6. The molecule has 39 heavy (non-hydrogen) atoms. The lowest BCUT2D eigenvalue weighted by atomic mass is 9.61. The van der Waals surface area contributed by atoms with Crippen LogP contribution < -0.4 is 5.43 Å². The van der Waals surface area contributed by atoms with E-state index in [0.717, 1.165) is 48.8 Å². The van der Waals surface area contributed by atoms with Crippen molar-refractivity contribution in [2.24, 2.45) is 11.3 Å². The van der Waals surface area contributed by atoms with Crippen molar-refractivity contribution < 1.29 is 29.3 Å². The van der Waals surface area contributed by atoms with Gasteiger partial charge in [-0.15, -0.1) is 0 Å². The van der Waals surface area contributed by atoms with Gasteiger partial charge in [0.1, 0.15) is 24.1 Å². The van der Waals surface area contributed by atoms with Crippen LogP contribution in [0.25, 0.3) is 0 Å². The maximum absolute atomic E-state index is 13.7. The molecule has 1 aromatic heterocycles. The third-order valence-electron chi connectivity index (χ3n) is 9.03. The number of rotatable bonds is 6. The Morgan fingerprint density at radius 2 is 1.87 bits per heavy atom. The number of benzene rings is 1. The van der Waals surface area contributed by atoms with Gasteiger partial charge in [-0.2, -0.15) is 0 Å². The van der Waals surface area contributed by atoms with Crippen LogP contribution in [0.1, 0.15) is 87.2 Å². The topological polar surface area (TPSA) is 117 Å². The first kappa shape index (κ1) is 27.6. The quantitative estimate of drug-likeness (QED) is 0.365. The molecule has 3 aliphatic carbocycles. The first-order valence-corrected chi connectivity index (χ1v) is 13.9. The minimum Gasteiger partial charge on any atom is -0.461 e. The van der Waals surface area contributed by atoms with Crippen molar-refractivity contribution >= 4 is 5.97 Å². The summed E-state index contributed by atoms with van der Waals surface area (Å²) < 4.78 is 11.9. The van der Waals surface area contributed by atoms with E-state index in [1.165, 1.54) is 6.07 Å². The SMILES string of the molecule is C=C(C)[C@H]1CC[C@@]2(C)CCCC(C(=O)O[C@H]3c4oc(CCc5ccccc5)cc(=O)c4[C@@H](O)[C@H](O)[C@@H]3O)=C2C1. The second-order valence-electron chi connectivity index (χ2n) is 11.7. The molecule has 3 aliphatic rings. The number of aliphatic hydroxyl groups excluding tert-OH is 3. The molecule has 0 unspecified atom stereocenters. The zero-order valence-corrected chi connectivity index (χ0v) is 22.7. The summed E-state index contributed by atoms with van der Waals surface area (Å²) in [5, 5.41) is 32.1. The first-order valence-electron chi connectivity index (χ1n) is 13.9. The average molecular weight is 535 g/mol. The number of allylic oxidation sites excluding steroid dienone is 2. The van der Waals surface area contributed by atoms with E-state index in [4.69, 9.17) is 9.15 Å². The standard InChI is InChI=1S/C32H38O7/c1-18(2)20-13-15-32(3)14-7-10-22(23(32)16-20)31(37)39-30-28(36)27(35)26(34)25-24(33)17-21(38-29(25)30)12-11-19-8-5-4-6-9-19/h4-6,8-9,17,20,26-28,30,34-36H,1,7,10-16H2,2-3H3/t20-,26+,27-,28-,30+,32+/m0/s1. The van der Waals surface area contributed by atoms with Crippen molar-refractivity contribution in [2.75, 3.05) is 0 Å². The van der Waals surface area contributed by atoms with E-state index in [1.54, 1.807) is 0 Å². The normalized spacial score (nSPS) is 30.3. The van der Waals surface area contributed by atoms with Crippen LogP contribution in [0.4, 0.5) is 0 Å². The second kappa shape index (κ2) is 10.9. The summed E-state index contributed by atoms with van der Waals surface area (Å²) in [6.07, 6.45) is -0.247. The molecule has 1 saturated carbocycles. The molecule has 1 heterocycles. The van der Waals surface area contributed by atoms with Gasteiger partial charge in [0, 0.05) is 18.1 Å². The highest BCUT2D eigenvalue weighted by Gasteiger charge is 2.47. The minimum atomic E-state index is -1.70. The van der Waals surface area contributed by atoms with Crippen molar-refractivity contribution in [3.05, 3.63) is 92.6 Å². The lowest BCUT2D eigenvalue weighted by Gasteiger charge is -2.44. The predicted molar refractivity (Wildman–Crippen MR) is 146 cm³/mol. The van der Waals surface area contributed by atoms with Gasteiger partial charge in [0.05, 0.1) is 5.56 Å². The number of aryl methyl sites for hydroxylation is 2. The molecule has 7 heteroatoms. The monoisotopic (exact) mass is 534 g/mol. The lowest BCUT2D eigenvalue weighted by Crippen LogP contribution is -2.45. The Kier molecular flexibility index (Phi) is 7.68. The van der Waals surface area contributed by atoms with Gasteiger partial charge in [-0.25, -0.2) is 4.79 Å². The van der Waals surface area contributed by atoms with Gasteiger partial charge in [-0.1, -0.05) is 55.0 Å². The number of fused-ring (bicyclic) bond motifs is 2. The van der Waals surface area contributed by atoms with Gasteiger partial charge in [0.25, 0.3) is 0 Å². The van der Waals surface area contributed by atoms with Crippen LogP contribution >= 0.6 is 0 Å². The van der Waals surface area contributed by atoms with Gasteiger partial charge in [-0.3, -0.25) is 4.79 Å². The molecule has 1 fully saturated rings. The molecule has 1 aromatic carbocycles. The smallest absolute Gasteiger partial charge is 0.334 e. The van der Waals surface area contributed by atoms with Crippen molar-refractivity contribution in [3.8, 4) is 0 Å². The molecular weight excluding hydrogens is 496 g/mol. The number of hydrogen-bond acceptors (Lipinski definition) is 7. The third-order valence-corrected chi connectivity index (χ3v) is 9.03. The summed E-state index contributed by atoms with van der Waals surface area (Å²) >= 11 is 0. The summed E-state index contributed by atoms with van der Waals surface area (Å²) in [6, 6.07) is 11.0. The van der Waals surface area contributed by atoms with Crippen molar-refractivity contribution in [1.82, 2.24) is 0 Å². The molecule has 0 radical (unpaired) electrons. The average Bonchev–Trinajstić information content (AvgIpc) is 2.92. The molecule has 0 spiro atoms. The maximum atomic E-state index is 13.7. The van der Waals surface area contributed by atoms with Crippen LogP contribution in [0.5, 0.6) is 0 Å². The molecule has 2 aromatic rings. The van der Waals surface area contributed by atoms with Crippen LogP contribution in [0.3, 0.4) is 0 Å². The van der Waals surface area contributed by atoms with Gasteiger partial charge in [0.15, 0.2) is 17.3 Å². The number of aliphatic hydroxyl groups is 3. The van der Waals surface area contributed by atoms with Gasteiger partial charge in [0.2, 0.25) is 0 Å². The third kappa shape index (κ3) is 5.28. The number of carbonyl (C=O) groups excluding carboxylic acids is 1. The van der Waals surface area contributed by atoms with Crippen LogP contribution in [-0.2, 0) is 22.4 Å². The molecule has 6 atom stereocenters. The summed E-state index contributed by atoms with van der Waals surface area (Å²) in [5.41, 5.74) is 3.05. The molecule has 0 amide bonds. The molecular formula is C32H38O7. The molecule has 3 N–H and O–H groups in total. The van der Waals surface area contributed by atoms with Crippen LogP contribution in [0.2, 0.25) is 0 Å². The fraction of sp³-hybridized carbons (Fsp3) is 0.500. The van der Waals surface area contributed by atoms with E-state index in [2.05, 4.69) is 13.5 Å². The van der Waals surface area contributed by atoms with E-state index in [9.17, 15) is 24.9 Å². The number of esters is 1. The highest BCUT2D eigenvalue weighted by Crippen LogP contribution is 2.52. The van der Waals surface area contributed by atoms with Crippen molar-refractivity contribution in [2.45, 2.75) is 89.6 Å². The Morgan fingerprint density at radius 1 is 1.13 bits per heavy atom. The van der Waals surface area contributed by atoms with E-state index in [1.807, 2.05) is 37.3 Å². The molecule has 7 nitrogen and oxygen atoms in total.